The van der Waals surface area contributed by atoms with Crippen LogP contribution in [0.5, 0.6) is 5.75 Å². The zero-order chi connectivity index (χ0) is 19.4. The van der Waals surface area contributed by atoms with Gasteiger partial charge in [0.05, 0.1) is 24.4 Å². The van der Waals surface area contributed by atoms with Crippen LogP contribution in [0.3, 0.4) is 0 Å². The first-order valence-corrected chi connectivity index (χ1v) is 9.90. The molecular formula is C20H17ClFNO3S. The van der Waals surface area contributed by atoms with Crippen molar-refractivity contribution in [2.75, 3.05) is 11.4 Å². The van der Waals surface area contributed by atoms with E-state index in [1.807, 2.05) is 0 Å². The van der Waals surface area contributed by atoms with Crippen LogP contribution < -0.4 is 9.04 Å². The second kappa shape index (κ2) is 7.98. The lowest BCUT2D eigenvalue weighted by Gasteiger charge is -2.26. The normalized spacial score (nSPS) is 11.2. The van der Waals surface area contributed by atoms with Crippen LogP contribution in [0.1, 0.15) is 5.56 Å². The van der Waals surface area contributed by atoms with E-state index in [4.69, 9.17) is 16.3 Å². The molecule has 27 heavy (non-hydrogen) atoms. The maximum Gasteiger partial charge on any atom is 0.266 e. The van der Waals surface area contributed by atoms with E-state index in [1.165, 1.54) is 43.5 Å². The molecule has 0 saturated heterocycles. The van der Waals surface area contributed by atoms with Crippen molar-refractivity contribution < 1.29 is 17.5 Å². The molecule has 3 rings (SSSR count). The lowest BCUT2D eigenvalue weighted by atomic mass is 10.2. The first kappa shape index (κ1) is 19.2. The van der Waals surface area contributed by atoms with E-state index >= 15 is 0 Å². The molecule has 0 aliphatic carbocycles. The highest BCUT2D eigenvalue weighted by atomic mass is 35.5. The average molecular weight is 406 g/mol. The van der Waals surface area contributed by atoms with Crippen molar-refractivity contribution in [3.8, 4) is 5.75 Å². The van der Waals surface area contributed by atoms with Gasteiger partial charge in [-0.2, -0.15) is 0 Å². The first-order valence-electron chi connectivity index (χ1n) is 8.08. The second-order valence-electron chi connectivity index (χ2n) is 5.73. The standard InChI is InChI=1S/C20H17ClFNO3S/c1-26-19-11-4-2-7-15(19)14-23(17-9-6-8-16(22)13-17)27(24,25)20-12-5-3-10-18(20)21/h2-13H,14H2,1H3. The average Bonchev–Trinajstić information content (AvgIpc) is 2.66. The van der Waals surface area contributed by atoms with Gasteiger partial charge in [-0.05, 0) is 36.4 Å². The molecule has 0 amide bonds. The fraction of sp³-hybridized carbons (Fsp3) is 0.100. The number of para-hydroxylation sites is 1. The Morgan fingerprint density at radius 3 is 2.41 bits per heavy atom. The van der Waals surface area contributed by atoms with Gasteiger partial charge in [0.25, 0.3) is 10.0 Å². The van der Waals surface area contributed by atoms with Gasteiger partial charge in [-0.25, -0.2) is 12.8 Å². The summed E-state index contributed by atoms with van der Waals surface area (Å²) in [6.07, 6.45) is 0. The summed E-state index contributed by atoms with van der Waals surface area (Å²) in [5, 5.41) is 0.0962. The van der Waals surface area contributed by atoms with E-state index < -0.39 is 15.8 Å². The third-order valence-electron chi connectivity index (χ3n) is 4.01. The van der Waals surface area contributed by atoms with Crippen molar-refractivity contribution in [1.82, 2.24) is 0 Å². The van der Waals surface area contributed by atoms with E-state index in [2.05, 4.69) is 0 Å². The van der Waals surface area contributed by atoms with E-state index in [-0.39, 0.29) is 22.2 Å². The number of halogens is 2. The highest BCUT2D eigenvalue weighted by molar-refractivity contribution is 7.93. The molecular weight excluding hydrogens is 389 g/mol. The molecule has 4 nitrogen and oxygen atoms in total. The number of hydrogen-bond acceptors (Lipinski definition) is 3. The summed E-state index contributed by atoms with van der Waals surface area (Å²) >= 11 is 6.13. The minimum Gasteiger partial charge on any atom is -0.496 e. The predicted octanol–water partition coefficient (Wildman–Crippen LogP) is 4.88. The number of sulfonamides is 1. The number of hydrogen-bond donors (Lipinski definition) is 0. The Hall–Kier alpha value is -2.57. The number of ether oxygens (including phenoxy) is 1. The van der Waals surface area contributed by atoms with Gasteiger partial charge in [-0.1, -0.05) is 48.0 Å². The van der Waals surface area contributed by atoms with E-state index in [0.717, 1.165) is 4.31 Å². The molecule has 0 saturated carbocycles. The molecule has 3 aromatic rings. The largest absolute Gasteiger partial charge is 0.496 e. The second-order valence-corrected chi connectivity index (χ2v) is 7.97. The number of rotatable bonds is 6. The molecule has 0 aliphatic rings. The Morgan fingerprint density at radius 2 is 1.70 bits per heavy atom. The molecule has 0 heterocycles. The van der Waals surface area contributed by atoms with E-state index in [1.54, 1.807) is 36.4 Å². The van der Waals surface area contributed by atoms with Gasteiger partial charge in [0.15, 0.2) is 0 Å². The molecule has 0 radical (unpaired) electrons. The van der Waals surface area contributed by atoms with Crippen LogP contribution in [0, 0.1) is 5.82 Å². The summed E-state index contributed by atoms with van der Waals surface area (Å²) in [6.45, 7) is -0.0407. The topological polar surface area (TPSA) is 46.6 Å². The zero-order valence-corrected chi connectivity index (χ0v) is 16.0. The number of anilines is 1. The Morgan fingerprint density at radius 1 is 1.00 bits per heavy atom. The van der Waals surface area contributed by atoms with Gasteiger partial charge in [-0.3, -0.25) is 4.31 Å². The van der Waals surface area contributed by atoms with E-state index in [0.29, 0.717) is 11.3 Å². The first-order chi connectivity index (χ1) is 12.9. The molecule has 0 N–H and O–H groups in total. The van der Waals surface area contributed by atoms with Gasteiger partial charge < -0.3 is 4.74 Å². The molecule has 140 valence electrons. The minimum atomic E-state index is -4.05. The fourth-order valence-corrected chi connectivity index (χ4v) is 4.64. The molecule has 0 unspecified atom stereocenters. The smallest absolute Gasteiger partial charge is 0.266 e. The zero-order valence-electron chi connectivity index (χ0n) is 14.5. The van der Waals surface area contributed by atoms with Crippen molar-refractivity contribution in [3.63, 3.8) is 0 Å². The van der Waals surface area contributed by atoms with Crippen LogP contribution in [-0.4, -0.2) is 15.5 Å². The number of methoxy groups -OCH3 is 1. The Labute approximate surface area is 162 Å². The molecule has 0 aliphatic heterocycles. The summed E-state index contributed by atoms with van der Waals surface area (Å²) in [5.41, 5.74) is 0.834. The van der Waals surface area contributed by atoms with Gasteiger partial charge in [0, 0.05) is 5.56 Å². The summed E-state index contributed by atoms with van der Waals surface area (Å²) in [5.74, 6) is 0.000136. The predicted molar refractivity (Wildman–Crippen MR) is 104 cm³/mol. The summed E-state index contributed by atoms with van der Waals surface area (Å²) in [6, 6.07) is 18.6. The quantitative estimate of drug-likeness (QED) is 0.587. The summed E-state index contributed by atoms with van der Waals surface area (Å²) in [7, 11) is -2.54. The molecule has 0 bridgehead atoms. The summed E-state index contributed by atoms with van der Waals surface area (Å²) in [4.78, 5) is -0.0502. The lowest BCUT2D eigenvalue weighted by Crippen LogP contribution is -2.31. The van der Waals surface area contributed by atoms with Crippen LogP contribution >= 0.6 is 11.6 Å². The van der Waals surface area contributed by atoms with Crippen molar-refractivity contribution in [1.29, 1.82) is 0 Å². The van der Waals surface area contributed by atoms with Crippen LogP contribution in [0.4, 0.5) is 10.1 Å². The SMILES string of the molecule is COc1ccccc1CN(c1cccc(F)c1)S(=O)(=O)c1ccccc1Cl. The number of nitrogens with zero attached hydrogens (tertiary/aromatic N) is 1. The number of benzene rings is 3. The van der Waals surface area contributed by atoms with Crippen LogP contribution in [0.25, 0.3) is 0 Å². The molecule has 7 heteroatoms. The third-order valence-corrected chi connectivity index (χ3v) is 6.28. The highest BCUT2D eigenvalue weighted by Crippen LogP contribution is 2.31. The van der Waals surface area contributed by atoms with Crippen molar-refractivity contribution in [2.45, 2.75) is 11.4 Å². The van der Waals surface area contributed by atoms with Crippen LogP contribution in [0.15, 0.2) is 77.7 Å². The maximum atomic E-state index is 13.8. The van der Waals surface area contributed by atoms with Crippen molar-refractivity contribution in [3.05, 3.63) is 89.2 Å². The lowest BCUT2D eigenvalue weighted by molar-refractivity contribution is 0.410. The Kier molecular flexibility index (Phi) is 5.68. The highest BCUT2D eigenvalue weighted by Gasteiger charge is 2.28. The van der Waals surface area contributed by atoms with Crippen molar-refractivity contribution >= 4 is 27.3 Å². The van der Waals surface area contributed by atoms with Crippen LogP contribution in [-0.2, 0) is 16.6 Å². The van der Waals surface area contributed by atoms with Gasteiger partial charge >= 0.3 is 0 Å². The van der Waals surface area contributed by atoms with Gasteiger partial charge in [0.2, 0.25) is 0 Å². The van der Waals surface area contributed by atoms with Gasteiger partial charge in [-0.15, -0.1) is 0 Å². The van der Waals surface area contributed by atoms with E-state index in [9.17, 15) is 12.8 Å². The maximum absolute atomic E-state index is 13.8. The summed E-state index contributed by atoms with van der Waals surface area (Å²) < 4.78 is 47.0. The van der Waals surface area contributed by atoms with Crippen molar-refractivity contribution in [2.24, 2.45) is 0 Å². The monoisotopic (exact) mass is 405 g/mol. The molecule has 0 aromatic heterocycles. The van der Waals surface area contributed by atoms with Gasteiger partial charge in [0.1, 0.15) is 16.5 Å². The third kappa shape index (κ3) is 4.07. The molecule has 0 atom stereocenters. The van der Waals surface area contributed by atoms with Crippen LogP contribution in [0.2, 0.25) is 5.02 Å². The molecule has 0 fully saturated rings. The minimum absolute atomic E-state index is 0.0407. The molecule has 3 aromatic carbocycles. The Balaban J connectivity index is 2.15. The fourth-order valence-electron chi connectivity index (χ4n) is 2.71. The molecule has 0 spiro atoms. The Bertz CT molecular complexity index is 1060.